The molecule has 0 atom stereocenters. The van der Waals surface area contributed by atoms with E-state index in [0.717, 1.165) is 25.4 Å². The summed E-state index contributed by atoms with van der Waals surface area (Å²) >= 11 is 1.30. The van der Waals surface area contributed by atoms with Crippen molar-refractivity contribution in [2.75, 3.05) is 45.1 Å². The largest absolute Gasteiger partial charge is 0.389 e. The summed E-state index contributed by atoms with van der Waals surface area (Å²) in [6.45, 7) is 11.2. The first-order valence-corrected chi connectivity index (χ1v) is 10.8. The van der Waals surface area contributed by atoms with E-state index >= 15 is 0 Å². The van der Waals surface area contributed by atoms with Crippen LogP contribution in [0.4, 0.5) is 4.79 Å². The Morgan fingerprint density at radius 2 is 1.64 bits per heavy atom. The molecule has 134 valence electrons. The van der Waals surface area contributed by atoms with Crippen molar-refractivity contribution < 1.29 is 18.4 Å². The van der Waals surface area contributed by atoms with E-state index < -0.39 is 12.8 Å². The van der Waals surface area contributed by atoms with E-state index in [1.54, 1.807) is 0 Å². The topological polar surface area (TPSA) is 93.9 Å². The van der Waals surface area contributed by atoms with E-state index in [1.165, 1.54) is 11.4 Å². The second kappa shape index (κ2) is 15.6. The van der Waals surface area contributed by atoms with Gasteiger partial charge in [0.15, 0.2) is 0 Å². The van der Waals surface area contributed by atoms with Crippen LogP contribution >= 0.6 is 18.2 Å². The van der Waals surface area contributed by atoms with Crippen LogP contribution in [0.2, 0.25) is 0 Å². The highest BCUT2D eigenvalue weighted by Crippen LogP contribution is 2.60. The van der Waals surface area contributed by atoms with Gasteiger partial charge in [0.1, 0.15) is 0 Å². The van der Waals surface area contributed by atoms with Crippen molar-refractivity contribution >= 4 is 24.2 Å². The van der Waals surface area contributed by atoms with Crippen LogP contribution in [0.15, 0.2) is 0 Å². The summed E-state index contributed by atoms with van der Waals surface area (Å²) in [5.41, 5.74) is 4.65. The maximum absolute atomic E-state index is 12.1. The third-order valence-corrected chi connectivity index (χ3v) is 6.44. The summed E-state index contributed by atoms with van der Waals surface area (Å²) < 4.78 is 22.5. The van der Waals surface area contributed by atoms with Crippen molar-refractivity contribution in [3.05, 3.63) is 0 Å². The minimum atomic E-state index is -2.91. The van der Waals surface area contributed by atoms with Crippen LogP contribution in [-0.2, 0) is 13.6 Å². The Morgan fingerprint density at radius 3 is 1.91 bits per heavy atom. The monoisotopic (exact) mass is 357 g/mol. The normalized spacial score (nSPS) is 11.0. The molecule has 0 aliphatic heterocycles. The van der Waals surface area contributed by atoms with Crippen molar-refractivity contribution in [2.45, 2.75) is 34.6 Å². The van der Waals surface area contributed by atoms with Gasteiger partial charge in [-0.05, 0) is 45.2 Å². The first-order valence-electron chi connectivity index (χ1n) is 7.68. The number of hydrogen-bond acceptors (Lipinski definition) is 6. The third kappa shape index (κ3) is 14.7. The molecule has 0 aliphatic rings. The van der Waals surface area contributed by atoms with Crippen LogP contribution in [0.3, 0.4) is 0 Å². The molecule has 0 saturated heterocycles. The fraction of sp³-hybridized carbons (Fsp3) is 0.923. The zero-order valence-electron chi connectivity index (χ0n) is 14.5. The fourth-order valence-electron chi connectivity index (χ4n) is 1.42. The average molecular weight is 357 g/mol. The molecule has 0 fully saturated rings. The highest BCUT2D eigenvalue weighted by molar-refractivity contribution is 8.55. The standard InChI is InChI=1S/C10H24NO3PS.C3H8N2O/c1-5-11(6-2)9-10-16-15(12,13-7-3)14-8-4;1-2-5-3(4)6/h5-10H2,1-4H3;2H2,1H3,(H3,4,5,6). The zero-order chi connectivity index (χ0) is 17.4. The van der Waals surface area contributed by atoms with Crippen molar-refractivity contribution in [1.29, 1.82) is 0 Å². The lowest BCUT2D eigenvalue weighted by Gasteiger charge is -2.20. The lowest BCUT2D eigenvalue weighted by atomic mass is 10.5. The molecule has 0 aromatic heterocycles. The van der Waals surface area contributed by atoms with Gasteiger partial charge in [0.05, 0.1) is 13.2 Å². The highest BCUT2D eigenvalue weighted by Gasteiger charge is 2.24. The Balaban J connectivity index is 0. The summed E-state index contributed by atoms with van der Waals surface area (Å²) in [5.74, 6) is 0.777. The molecule has 0 radical (unpaired) electrons. The molecule has 0 aliphatic carbocycles. The molecule has 0 aromatic carbocycles. The Labute approximate surface area is 138 Å². The fourth-order valence-corrected chi connectivity index (χ4v) is 4.84. The number of carbonyl (C=O) groups is 1. The minimum absolute atomic E-state index is 0.426. The highest BCUT2D eigenvalue weighted by atomic mass is 32.7. The predicted molar refractivity (Wildman–Crippen MR) is 94.4 cm³/mol. The SMILES string of the molecule is CCNC(N)=O.CCOP(=O)(OCC)SCCN(CC)CC. The molecule has 0 rings (SSSR count). The van der Waals surface area contributed by atoms with Crippen molar-refractivity contribution in [1.82, 2.24) is 10.2 Å². The van der Waals surface area contributed by atoms with Crippen molar-refractivity contribution in [3.63, 3.8) is 0 Å². The van der Waals surface area contributed by atoms with Crippen molar-refractivity contribution in [2.24, 2.45) is 5.73 Å². The summed E-state index contributed by atoms with van der Waals surface area (Å²) in [5, 5.41) is 2.35. The maximum atomic E-state index is 12.1. The first kappa shape index (κ1) is 24.0. The summed E-state index contributed by atoms with van der Waals surface area (Å²) in [6, 6.07) is -0.461. The lowest BCUT2D eigenvalue weighted by Crippen LogP contribution is -2.28. The average Bonchev–Trinajstić information content (AvgIpc) is 2.45. The minimum Gasteiger partial charge on any atom is -0.352 e. The van der Waals surface area contributed by atoms with E-state index in [-0.39, 0.29) is 0 Å². The Morgan fingerprint density at radius 1 is 1.14 bits per heavy atom. The van der Waals surface area contributed by atoms with Gasteiger partial charge >= 0.3 is 12.8 Å². The van der Waals surface area contributed by atoms with Crippen LogP contribution in [0.5, 0.6) is 0 Å². The van der Waals surface area contributed by atoms with Gasteiger partial charge in [0.2, 0.25) is 0 Å². The second-order valence-corrected chi connectivity index (χ2v) is 8.23. The number of nitrogens with one attached hydrogen (secondary N) is 1. The molecule has 9 heteroatoms. The van der Waals surface area contributed by atoms with Crippen LogP contribution < -0.4 is 11.1 Å². The van der Waals surface area contributed by atoms with Gasteiger partial charge in [-0.3, -0.25) is 0 Å². The molecule has 7 nitrogen and oxygen atoms in total. The third-order valence-electron chi connectivity index (χ3n) is 2.48. The first-order chi connectivity index (χ1) is 10.4. The Kier molecular flexibility index (Phi) is 17.0. The number of nitrogens with zero attached hydrogens (tertiary/aromatic N) is 1. The van der Waals surface area contributed by atoms with E-state index in [0.29, 0.717) is 19.8 Å². The van der Waals surface area contributed by atoms with Crippen LogP contribution in [0.25, 0.3) is 0 Å². The zero-order valence-corrected chi connectivity index (χ0v) is 16.2. The molecule has 0 heterocycles. The molecule has 0 saturated carbocycles. The van der Waals surface area contributed by atoms with Gasteiger partial charge < -0.3 is 25.0 Å². The molecule has 3 N–H and O–H groups in total. The smallest absolute Gasteiger partial charge is 0.352 e. The van der Waals surface area contributed by atoms with Gasteiger partial charge in [-0.15, -0.1) is 0 Å². The molecule has 22 heavy (non-hydrogen) atoms. The molecule has 0 unspecified atom stereocenters. The summed E-state index contributed by atoms with van der Waals surface area (Å²) in [6.07, 6.45) is 0. The number of carbonyl (C=O) groups excluding carboxylic acids is 1. The maximum Gasteiger partial charge on any atom is 0.389 e. The van der Waals surface area contributed by atoms with Gasteiger partial charge in [-0.2, -0.15) is 0 Å². The number of amides is 2. The number of rotatable bonds is 11. The summed E-state index contributed by atoms with van der Waals surface area (Å²) in [7, 11) is 0. The van der Waals surface area contributed by atoms with Crippen LogP contribution in [-0.4, -0.2) is 56.1 Å². The molecule has 0 aromatic rings. The van der Waals surface area contributed by atoms with Gasteiger partial charge in [-0.25, -0.2) is 9.36 Å². The Bertz CT molecular complexity index is 308. The molecule has 2 amide bonds. The predicted octanol–water partition coefficient (Wildman–Crippen LogP) is 2.92. The quantitative estimate of drug-likeness (QED) is 0.552. The van der Waals surface area contributed by atoms with Gasteiger partial charge in [-0.1, -0.05) is 13.8 Å². The molecule has 0 spiro atoms. The summed E-state index contributed by atoms with van der Waals surface area (Å²) in [4.78, 5) is 12.0. The number of primary amides is 1. The van der Waals surface area contributed by atoms with E-state index in [4.69, 9.17) is 9.05 Å². The van der Waals surface area contributed by atoms with Crippen molar-refractivity contribution in [3.8, 4) is 0 Å². The van der Waals surface area contributed by atoms with E-state index in [1.807, 2.05) is 20.8 Å². The van der Waals surface area contributed by atoms with Crippen LogP contribution in [0, 0.1) is 0 Å². The van der Waals surface area contributed by atoms with E-state index in [9.17, 15) is 9.36 Å². The number of urea groups is 1. The lowest BCUT2D eigenvalue weighted by molar-refractivity contribution is 0.236. The van der Waals surface area contributed by atoms with Gasteiger partial charge in [0, 0.05) is 18.8 Å². The number of nitrogens with two attached hydrogens (primary N) is 1. The second-order valence-electron chi connectivity index (χ2n) is 4.04. The van der Waals surface area contributed by atoms with E-state index in [2.05, 4.69) is 29.8 Å². The molecule has 0 bridgehead atoms. The van der Waals surface area contributed by atoms with Gasteiger partial charge in [0.25, 0.3) is 0 Å². The number of hydrogen-bond donors (Lipinski definition) is 2. The Hall–Kier alpha value is -0.270. The van der Waals surface area contributed by atoms with Crippen LogP contribution in [0.1, 0.15) is 34.6 Å². The molecular weight excluding hydrogens is 325 g/mol. The molecular formula is C13H32N3O4PS.